The highest BCUT2D eigenvalue weighted by molar-refractivity contribution is 5.80. The number of aromatic nitrogens is 2. The van der Waals surface area contributed by atoms with Gasteiger partial charge >= 0.3 is 0 Å². The maximum Gasteiger partial charge on any atom is 0.113 e. The monoisotopic (exact) mass is 241 g/mol. The summed E-state index contributed by atoms with van der Waals surface area (Å²) in [6.07, 6.45) is 5.22. The average Bonchev–Trinajstić information content (AvgIpc) is 3.26. The molecule has 0 spiro atoms. The van der Waals surface area contributed by atoms with Crippen LogP contribution >= 0.6 is 0 Å². The molecule has 94 valence electrons. The quantitative estimate of drug-likeness (QED) is 0.836. The maximum atomic E-state index is 5.87. The van der Waals surface area contributed by atoms with Gasteiger partial charge in [-0.1, -0.05) is 13.3 Å². The summed E-state index contributed by atoms with van der Waals surface area (Å²) in [6, 6.07) is 6.86. The van der Waals surface area contributed by atoms with Crippen molar-refractivity contribution in [3.8, 4) is 0 Å². The first-order valence-corrected chi connectivity index (χ1v) is 7.05. The SMILES string of the molecule is CCC1CC1n1c(C2CC2)nc2cc(N)ccc21. The lowest BCUT2D eigenvalue weighted by atomic mass is 10.2. The van der Waals surface area contributed by atoms with E-state index in [1.165, 1.54) is 37.0 Å². The fourth-order valence-electron chi connectivity index (χ4n) is 3.10. The van der Waals surface area contributed by atoms with Crippen LogP contribution in [0.5, 0.6) is 0 Å². The molecular formula is C15H19N3. The predicted octanol–water partition coefficient (Wildman–Crippen LogP) is 3.47. The molecule has 2 atom stereocenters. The molecule has 2 fully saturated rings. The molecule has 0 aliphatic heterocycles. The van der Waals surface area contributed by atoms with Gasteiger partial charge in [-0.15, -0.1) is 0 Å². The van der Waals surface area contributed by atoms with Gasteiger partial charge in [0.05, 0.1) is 11.0 Å². The van der Waals surface area contributed by atoms with Crippen LogP contribution in [0.4, 0.5) is 5.69 Å². The van der Waals surface area contributed by atoms with Crippen molar-refractivity contribution < 1.29 is 0 Å². The minimum absolute atomic E-state index is 0.694. The zero-order valence-corrected chi connectivity index (χ0v) is 10.8. The molecule has 0 radical (unpaired) electrons. The predicted molar refractivity (Wildman–Crippen MR) is 73.6 cm³/mol. The van der Waals surface area contributed by atoms with Crippen LogP contribution in [0.1, 0.15) is 50.4 Å². The van der Waals surface area contributed by atoms with Crippen molar-refractivity contribution in [1.29, 1.82) is 0 Å². The molecule has 3 heteroatoms. The Bertz CT molecular complexity index is 609. The second-order valence-electron chi connectivity index (χ2n) is 5.83. The third kappa shape index (κ3) is 1.46. The Balaban J connectivity index is 1.89. The second kappa shape index (κ2) is 3.50. The fraction of sp³-hybridized carbons (Fsp3) is 0.533. The third-order valence-electron chi connectivity index (χ3n) is 4.42. The number of nitrogens with zero attached hydrogens (tertiary/aromatic N) is 2. The summed E-state index contributed by atoms with van der Waals surface area (Å²) in [5.74, 6) is 2.88. The van der Waals surface area contributed by atoms with Crippen molar-refractivity contribution in [1.82, 2.24) is 9.55 Å². The van der Waals surface area contributed by atoms with Crippen LogP contribution in [-0.2, 0) is 0 Å². The topological polar surface area (TPSA) is 43.8 Å². The van der Waals surface area contributed by atoms with E-state index in [0.29, 0.717) is 12.0 Å². The Morgan fingerprint density at radius 3 is 2.89 bits per heavy atom. The molecule has 4 rings (SSSR count). The number of benzene rings is 1. The van der Waals surface area contributed by atoms with Gasteiger partial charge in [0, 0.05) is 17.6 Å². The van der Waals surface area contributed by atoms with Crippen LogP contribution in [0.2, 0.25) is 0 Å². The Morgan fingerprint density at radius 2 is 2.22 bits per heavy atom. The molecule has 0 bridgehead atoms. The van der Waals surface area contributed by atoms with Gasteiger partial charge < -0.3 is 10.3 Å². The molecule has 2 unspecified atom stereocenters. The smallest absolute Gasteiger partial charge is 0.113 e. The highest BCUT2D eigenvalue weighted by atomic mass is 15.1. The summed E-state index contributed by atoms with van der Waals surface area (Å²) >= 11 is 0. The second-order valence-corrected chi connectivity index (χ2v) is 5.83. The molecule has 1 aromatic heterocycles. The summed E-state index contributed by atoms with van der Waals surface area (Å²) in [4.78, 5) is 4.85. The molecule has 18 heavy (non-hydrogen) atoms. The highest BCUT2D eigenvalue weighted by Gasteiger charge is 2.41. The van der Waals surface area contributed by atoms with Crippen molar-refractivity contribution in [2.45, 2.75) is 44.6 Å². The number of hydrogen-bond acceptors (Lipinski definition) is 2. The van der Waals surface area contributed by atoms with E-state index >= 15 is 0 Å². The first kappa shape index (κ1) is 10.4. The number of fused-ring (bicyclic) bond motifs is 1. The van der Waals surface area contributed by atoms with Gasteiger partial charge in [0.2, 0.25) is 0 Å². The Labute approximate surface area is 107 Å². The fourth-order valence-corrected chi connectivity index (χ4v) is 3.10. The minimum Gasteiger partial charge on any atom is -0.399 e. The molecule has 2 aliphatic carbocycles. The Morgan fingerprint density at radius 1 is 1.39 bits per heavy atom. The van der Waals surface area contributed by atoms with Crippen molar-refractivity contribution in [2.24, 2.45) is 5.92 Å². The van der Waals surface area contributed by atoms with Crippen molar-refractivity contribution in [3.63, 3.8) is 0 Å². The van der Waals surface area contributed by atoms with Gasteiger partial charge in [0.1, 0.15) is 5.82 Å². The summed E-state index contributed by atoms with van der Waals surface area (Å²) < 4.78 is 2.51. The number of nitrogens with two attached hydrogens (primary N) is 1. The van der Waals surface area contributed by atoms with Gasteiger partial charge in [-0.3, -0.25) is 0 Å². The molecule has 1 aromatic carbocycles. The molecule has 2 aliphatic rings. The zero-order valence-electron chi connectivity index (χ0n) is 10.8. The number of imidazole rings is 1. The van der Waals surface area contributed by atoms with Gasteiger partial charge in [-0.2, -0.15) is 0 Å². The molecule has 1 heterocycles. The first-order chi connectivity index (χ1) is 8.78. The summed E-state index contributed by atoms with van der Waals surface area (Å²) in [6.45, 7) is 2.29. The molecular weight excluding hydrogens is 222 g/mol. The Kier molecular flexibility index (Phi) is 2.02. The average molecular weight is 241 g/mol. The molecule has 0 amide bonds. The maximum absolute atomic E-state index is 5.87. The van der Waals surface area contributed by atoms with E-state index in [9.17, 15) is 0 Å². The van der Waals surface area contributed by atoms with Gasteiger partial charge in [0.15, 0.2) is 0 Å². The van der Waals surface area contributed by atoms with Crippen LogP contribution in [0, 0.1) is 5.92 Å². The lowest BCUT2D eigenvalue weighted by Gasteiger charge is -2.08. The summed E-state index contributed by atoms with van der Waals surface area (Å²) in [5.41, 5.74) is 9.05. The molecule has 2 aromatic rings. The van der Waals surface area contributed by atoms with Crippen LogP contribution in [0.3, 0.4) is 0 Å². The number of hydrogen-bond donors (Lipinski definition) is 1. The van der Waals surface area contributed by atoms with E-state index in [4.69, 9.17) is 10.7 Å². The minimum atomic E-state index is 0.694. The number of anilines is 1. The number of nitrogen functional groups attached to an aromatic ring is 1. The third-order valence-corrected chi connectivity index (χ3v) is 4.42. The van der Waals surface area contributed by atoms with E-state index in [-0.39, 0.29) is 0 Å². The number of rotatable bonds is 3. The van der Waals surface area contributed by atoms with Crippen molar-refractivity contribution in [2.75, 3.05) is 5.73 Å². The first-order valence-electron chi connectivity index (χ1n) is 7.05. The molecule has 2 saturated carbocycles. The van der Waals surface area contributed by atoms with Crippen LogP contribution < -0.4 is 5.73 Å². The lowest BCUT2D eigenvalue weighted by molar-refractivity contribution is 0.625. The van der Waals surface area contributed by atoms with Crippen LogP contribution in [-0.4, -0.2) is 9.55 Å². The van der Waals surface area contributed by atoms with Crippen molar-refractivity contribution in [3.05, 3.63) is 24.0 Å². The largest absolute Gasteiger partial charge is 0.399 e. The molecule has 3 nitrogen and oxygen atoms in total. The van der Waals surface area contributed by atoms with Crippen LogP contribution in [0.15, 0.2) is 18.2 Å². The van der Waals surface area contributed by atoms with Gasteiger partial charge in [0.25, 0.3) is 0 Å². The van der Waals surface area contributed by atoms with Crippen LogP contribution in [0.25, 0.3) is 11.0 Å². The Hall–Kier alpha value is -1.51. The van der Waals surface area contributed by atoms with E-state index in [1.54, 1.807) is 0 Å². The van der Waals surface area contributed by atoms with Crippen molar-refractivity contribution >= 4 is 16.7 Å². The molecule has 0 saturated heterocycles. The zero-order chi connectivity index (χ0) is 12.3. The molecule has 2 N–H and O–H groups in total. The summed E-state index contributed by atoms with van der Waals surface area (Å²) in [5, 5.41) is 0. The van der Waals surface area contributed by atoms with Gasteiger partial charge in [-0.05, 0) is 43.4 Å². The van der Waals surface area contributed by atoms with E-state index in [2.05, 4.69) is 17.6 Å². The van der Waals surface area contributed by atoms with E-state index < -0.39 is 0 Å². The normalized spacial score (nSPS) is 26.7. The standard InChI is InChI=1S/C15H19N3/c1-2-9-7-14(9)18-13-6-5-11(16)8-12(13)17-15(18)10-3-4-10/h5-6,8-10,14H,2-4,7,16H2,1H3. The summed E-state index contributed by atoms with van der Waals surface area (Å²) in [7, 11) is 0. The van der Waals surface area contributed by atoms with E-state index in [0.717, 1.165) is 17.1 Å². The lowest BCUT2D eigenvalue weighted by Crippen LogP contribution is -2.01. The van der Waals surface area contributed by atoms with E-state index in [1.807, 2.05) is 12.1 Å². The van der Waals surface area contributed by atoms with Gasteiger partial charge in [-0.25, -0.2) is 4.98 Å². The highest BCUT2D eigenvalue weighted by Crippen LogP contribution is 2.51.